The highest BCUT2D eigenvalue weighted by Gasteiger charge is 2.48. The molecule has 5 rings (SSSR count). The van der Waals surface area contributed by atoms with Gasteiger partial charge in [-0.1, -0.05) is 22.0 Å². The average Bonchev–Trinajstić information content (AvgIpc) is 3.33. The van der Waals surface area contributed by atoms with Crippen molar-refractivity contribution in [3.63, 3.8) is 0 Å². The SMILES string of the molecule is Cc1ccc(C2/C(=C(/O)c3ccc4c(c3)OCCO4)C(=O)C(=O)N2c2cccc(Br)c2)o1. The number of ketones is 1. The van der Waals surface area contributed by atoms with Gasteiger partial charge in [-0.3, -0.25) is 14.5 Å². The number of anilines is 1. The first-order valence-corrected chi connectivity index (χ1v) is 10.8. The highest BCUT2D eigenvalue weighted by molar-refractivity contribution is 9.10. The summed E-state index contributed by atoms with van der Waals surface area (Å²) in [7, 11) is 0. The van der Waals surface area contributed by atoms with Crippen LogP contribution >= 0.6 is 15.9 Å². The first-order chi connectivity index (χ1) is 15.4. The molecule has 1 amide bonds. The van der Waals surface area contributed by atoms with E-state index in [2.05, 4.69) is 15.9 Å². The molecule has 0 aliphatic carbocycles. The van der Waals surface area contributed by atoms with Gasteiger partial charge in [-0.25, -0.2) is 0 Å². The lowest BCUT2D eigenvalue weighted by molar-refractivity contribution is -0.132. The van der Waals surface area contributed by atoms with Crippen LogP contribution in [0.5, 0.6) is 11.5 Å². The molecule has 0 spiro atoms. The molecule has 2 aliphatic heterocycles. The zero-order valence-corrected chi connectivity index (χ0v) is 18.6. The second-order valence-electron chi connectivity index (χ2n) is 7.46. The fourth-order valence-electron chi connectivity index (χ4n) is 3.94. The summed E-state index contributed by atoms with van der Waals surface area (Å²) in [5.74, 6) is 0.168. The molecule has 1 saturated heterocycles. The van der Waals surface area contributed by atoms with Crippen LogP contribution in [0.25, 0.3) is 5.76 Å². The number of halogens is 1. The largest absolute Gasteiger partial charge is 0.507 e. The fourth-order valence-corrected chi connectivity index (χ4v) is 4.33. The van der Waals surface area contributed by atoms with Gasteiger partial charge in [0.15, 0.2) is 11.5 Å². The molecule has 1 aromatic heterocycles. The van der Waals surface area contributed by atoms with Gasteiger partial charge in [0.05, 0.1) is 5.57 Å². The standard InChI is InChI=1S/C24H18BrNO6/c1-13-5-7-18(32-13)21-20(22(27)14-6-8-17-19(11-14)31-10-9-30-17)23(28)24(29)26(21)16-4-2-3-15(25)12-16/h2-8,11-12,21,27H,9-10H2,1H3/b22-20-. The molecule has 0 bridgehead atoms. The van der Waals surface area contributed by atoms with Crippen LogP contribution in [-0.4, -0.2) is 30.0 Å². The zero-order chi connectivity index (χ0) is 22.4. The number of fused-ring (bicyclic) bond motifs is 1. The van der Waals surface area contributed by atoms with Gasteiger partial charge in [-0.2, -0.15) is 0 Å². The van der Waals surface area contributed by atoms with Crippen LogP contribution in [0, 0.1) is 6.92 Å². The lowest BCUT2D eigenvalue weighted by atomic mass is 9.99. The normalized spacial score (nSPS) is 19.4. The topological polar surface area (TPSA) is 89.2 Å². The second-order valence-corrected chi connectivity index (χ2v) is 8.37. The maximum Gasteiger partial charge on any atom is 0.300 e. The lowest BCUT2D eigenvalue weighted by Gasteiger charge is -2.24. The Morgan fingerprint density at radius 3 is 2.53 bits per heavy atom. The molecule has 1 atom stereocenters. The molecule has 1 N–H and O–H groups in total. The van der Waals surface area contributed by atoms with Gasteiger partial charge < -0.3 is 19.0 Å². The predicted octanol–water partition coefficient (Wildman–Crippen LogP) is 4.75. The molecule has 0 saturated carbocycles. The monoisotopic (exact) mass is 495 g/mol. The van der Waals surface area contributed by atoms with Crippen molar-refractivity contribution in [3.8, 4) is 11.5 Å². The van der Waals surface area contributed by atoms with E-state index in [-0.39, 0.29) is 11.3 Å². The summed E-state index contributed by atoms with van der Waals surface area (Å²) in [5.41, 5.74) is 0.789. The third kappa shape index (κ3) is 3.36. The molecular weight excluding hydrogens is 478 g/mol. The number of aryl methyl sites for hydroxylation is 1. The molecule has 0 radical (unpaired) electrons. The Labute approximate surface area is 192 Å². The molecule has 2 aliphatic rings. The van der Waals surface area contributed by atoms with E-state index < -0.39 is 17.7 Å². The van der Waals surface area contributed by atoms with Crippen LogP contribution in [0.3, 0.4) is 0 Å². The average molecular weight is 496 g/mol. The highest BCUT2D eigenvalue weighted by atomic mass is 79.9. The Morgan fingerprint density at radius 2 is 1.81 bits per heavy atom. The third-order valence-corrected chi connectivity index (χ3v) is 5.87. The Kier molecular flexibility index (Phi) is 5.01. The molecule has 1 fully saturated rings. The van der Waals surface area contributed by atoms with E-state index in [1.807, 2.05) is 6.07 Å². The van der Waals surface area contributed by atoms with E-state index in [0.29, 0.717) is 47.5 Å². The first-order valence-electron chi connectivity index (χ1n) is 9.97. The van der Waals surface area contributed by atoms with Gasteiger partial charge in [0.1, 0.15) is 36.5 Å². The predicted molar refractivity (Wildman–Crippen MR) is 120 cm³/mol. The molecule has 162 valence electrons. The first kappa shape index (κ1) is 20.4. The Bertz CT molecular complexity index is 1280. The number of aliphatic hydroxyl groups is 1. The van der Waals surface area contributed by atoms with E-state index in [0.717, 1.165) is 4.47 Å². The van der Waals surface area contributed by atoms with Crippen LogP contribution in [0.2, 0.25) is 0 Å². The number of Topliss-reactive ketones (excluding diaryl/α,β-unsaturated/α-hetero) is 1. The fraction of sp³-hybridized carbons (Fsp3) is 0.167. The molecule has 7 nitrogen and oxygen atoms in total. The number of furan rings is 1. The molecule has 32 heavy (non-hydrogen) atoms. The highest BCUT2D eigenvalue weighted by Crippen LogP contribution is 2.44. The summed E-state index contributed by atoms with van der Waals surface area (Å²) in [5, 5.41) is 11.2. The van der Waals surface area contributed by atoms with Gasteiger partial charge in [0, 0.05) is 15.7 Å². The zero-order valence-electron chi connectivity index (χ0n) is 17.0. The second kappa shape index (κ2) is 7.87. The molecule has 2 aromatic carbocycles. The Morgan fingerprint density at radius 1 is 1.03 bits per heavy atom. The van der Waals surface area contributed by atoms with Crippen molar-refractivity contribution in [3.05, 3.63) is 81.7 Å². The van der Waals surface area contributed by atoms with Crippen molar-refractivity contribution in [1.29, 1.82) is 0 Å². The van der Waals surface area contributed by atoms with Crippen LogP contribution in [-0.2, 0) is 9.59 Å². The molecule has 1 unspecified atom stereocenters. The van der Waals surface area contributed by atoms with Crippen molar-refractivity contribution in [2.45, 2.75) is 13.0 Å². The van der Waals surface area contributed by atoms with Crippen molar-refractivity contribution < 1.29 is 28.6 Å². The maximum absolute atomic E-state index is 13.1. The number of carbonyl (C=O) groups excluding carboxylic acids is 2. The number of aliphatic hydroxyl groups excluding tert-OH is 1. The van der Waals surface area contributed by atoms with Crippen molar-refractivity contribution in [2.75, 3.05) is 18.1 Å². The van der Waals surface area contributed by atoms with Crippen LogP contribution < -0.4 is 14.4 Å². The van der Waals surface area contributed by atoms with E-state index in [4.69, 9.17) is 13.9 Å². The molecule has 8 heteroatoms. The van der Waals surface area contributed by atoms with Gasteiger partial charge in [0.2, 0.25) is 0 Å². The van der Waals surface area contributed by atoms with Crippen LogP contribution in [0.1, 0.15) is 23.1 Å². The summed E-state index contributed by atoms with van der Waals surface area (Å²) in [4.78, 5) is 27.6. The Hall–Kier alpha value is -3.52. The number of benzene rings is 2. The summed E-state index contributed by atoms with van der Waals surface area (Å²) in [6.45, 7) is 2.60. The van der Waals surface area contributed by atoms with Crippen LogP contribution in [0.15, 0.2) is 69.1 Å². The number of nitrogens with zero attached hydrogens (tertiary/aromatic N) is 1. The maximum atomic E-state index is 13.1. The van der Waals surface area contributed by atoms with Crippen molar-refractivity contribution in [1.82, 2.24) is 0 Å². The summed E-state index contributed by atoms with van der Waals surface area (Å²) < 4.78 is 17.7. The third-order valence-electron chi connectivity index (χ3n) is 5.38. The molecule has 3 aromatic rings. The van der Waals surface area contributed by atoms with Gasteiger partial charge in [0.25, 0.3) is 11.7 Å². The number of amides is 1. The van der Waals surface area contributed by atoms with E-state index >= 15 is 0 Å². The number of ether oxygens (including phenoxy) is 2. The van der Waals surface area contributed by atoms with Crippen molar-refractivity contribution >= 4 is 39.1 Å². The quantitative estimate of drug-likeness (QED) is 0.320. The summed E-state index contributed by atoms with van der Waals surface area (Å²) >= 11 is 3.41. The van der Waals surface area contributed by atoms with E-state index in [1.165, 1.54) is 4.90 Å². The number of hydrogen-bond acceptors (Lipinski definition) is 6. The Balaban J connectivity index is 1.69. The number of carbonyl (C=O) groups is 2. The minimum atomic E-state index is -0.925. The minimum Gasteiger partial charge on any atom is -0.507 e. The lowest BCUT2D eigenvalue weighted by Crippen LogP contribution is -2.29. The van der Waals surface area contributed by atoms with Gasteiger partial charge >= 0.3 is 0 Å². The summed E-state index contributed by atoms with van der Waals surface area (Å²) in [6.07, 6.45) is 0. The number of rotatable bonds is 3. The molecule has 3 heterocycles. The minimum absolute atomic E-state index is 0.0546. The number of hydrogen-bond donors (Lipinski definition) is 1. The van der Waals surface area contributed by atoms with Crippen molar-refractivity contribution in [2.24, 2.45) is 0 Å². The van der Waals surface area contributed by atoms with Crippen LogP contribution in [0.4, 0.5) is 5.69 Å². The summed E-state index contributed by atoms with van der Waals surface area (Å²) in [6, 6.07) is 14.5. The van der Waals surface area contributed by atoms with Gasteiger partial charge in [-0.15, -0.1) is 0 Å². The van der Waals surface area contributed by atoms with E-state index in [1.54, 1.807) is 55.5 Å². The molecular formula is C24H18BrNO6. The van der Waals surface area contributed by atoms with E-state index in [9.17, 15) is 14.7 Å². The van der Waals surface area contributed by atoms with Gasteiger partial charge in [-0.05, 0) is 55.5 Å². The smallest absolute Gasteiger partial charge is 0.300 e.